The van der Waals surface area contributed by atoms with Crippen molar-refractivity contribution in [3.8, 4) is 28.2 Å². The normalized spacial score (nSPS) is 11.4. The van der Waals surface area contributed by atoms with Gasteiger partial charge in [0.2, 0.25) is 0 Å². The molecule has 0 saturated heterocycles. The molecule has 5 heteroatoms. The first-order chi connectivity index (χ1) is 13.4. The van der Waals surface area contributed by atoms with E-state index in [0.29, 0.717) is 33.4 Å². The predicted octanol–water partition coefficient (Wildman–Crippen LogP) is 5.09. The standard InChI is InChI=1S/C23H18O5/c1-12(2)15-4-3-5-18(22(15)23(26)27)21-16-8-6-13(24)10-19(16)28-20-11-14(25)7-9-17(20)21/h3-12,24H,1-2H3,(H,26,27). The zero-order chi connectivity index (χ0) is 20.0. The molecule has 0 saturated carbocycles. The van der Waals surface area contributed by atoms with E-state index in [4.69, 9.17) is 4.42 Å². The Bertz CT molecular complexity index is 1250. The Morgan fingerprint density at radius 2 is 1.79 bits per heavy atom. The topological polar surface area (TPSA) is 87.7 Å². The van der Waals surface area contributed by atoms with Crippen LogP contribution in [-0.4, -0.2) is 16.2 Å². The van der Waals surface area contributed by atoms with E-state index < -0.39 is 5.97 Å². The Labute approximate surface area is 160 Å². The van der Waals surface area contributed by atoms with E-state index in [-0.39, 0.29) is 22.7 Å². The van der Waals surface area contributed by atoms with E-state index in [2.05, 4.69) is 0 Å². The summed E-state index contributed by atoms with van der Waals surface area (Å²) in [6.45, 7) is 3.90. The number of fused-ring (bicyclic) bond motifs is 2. The van der Waals surface area contributed by atoms with Gasteiger partial charge in [-0.2, -0.15) is 0 Å². The lowest BCUT2D eigenvalue weighted by Crippen LogP contribution is -2.08. The molecule has 0 unspecified atom stereocenters. The zero-order valence-electron chi connectivity index (χ0n) is 15.4. The molecular weight excluding hydrogens is 356 g/mol. The maximum atomic E-state index is 12.2. The monoisotopic (exact) mass is 374 g/mol. The summed E-state index contributed by atoms with van der Waals surface area (Å²) in [4.78, 5) is 24.0. The first-order valence-corrected chi connectivity index (χ1v) is 8.93. The van der Waals surface area contributed by atoms with E-state index >= 15 is 0 Å². The quantitative estimate of drug-likeness (QED) is 0.488. The third-order valence-electron chi connectivity index (χ3n) is 4.88. The van der Waals surface area contributed by atoms with Crippen molar-refractivity contribution in [2.75, 3.05) is 0 Å². The molecule has 2 N–H and O–H groups in total. The number of carboxylic acid groups (broad SMARTS) is 1. The molecule has 1 aliphatic carbocycles. The Morgan fingerprint density at radius 1 is 1.00 bits per heavy atom. The number of aromatic carboxylic acids is 1. The Kier molecular flexibility index (Phi) is 4.15. The van der Waals surface area contributed by atoms with Crippen LogP contribution in [0.15, 0.2) is 63.8 Å². The summed E-state index contributed by atoms with van der Waals surface area (Å²) >= 11 is 0. The highest BCUT2D eigenvalue weighted by molar-refractivity contribution is 6.08. The fourth-order valence-corrected chi connectivity index (χ4v) is 3.65. The van der Waals surface area contributed by atoms with Crippen molar-refractivity contribution in [1.82, 2.24) is 0 Å². The van der Waals surface area contributed by atoms with Gasteiger partial charge in [-0.1, -0.05) is 32.0 Å². The van der Waals surface area contributed by atoms with Gasteiger partial charge in [0.15, 0.2) is 5.43 Å². The van der Waals surface area contributed by atoms with Gasteiger partial charge in [-0.25, -0.2) is 4.79 Å². The molecule has 1 heterocycles. The molecule has 2 aromatic carbocycles. The SMILES string of the molecule is CC(C)c1cccc(-c2c3ccc(=O)cc-3oc3cc(O)ccc23)c1C(=O)O. The minimum absolute atomic E-state index is 0.0224. The number of carboxylic acids is 1. The van der Waals surface area contributed by atoms with E-state index in [1.54, 1.807) is 18.2 Å². The molecule has 2 aromatic rings. The van der Waals surface area contributed by atoms with Crippen molar-refractivity contribution in [2.24, 2.45) is 0 Å². The van der Waals surface area contributed by atoms with Gasteiger partial charge in [0.05, 0.1) is 5.56 Å². The Morgan fingerprint density at radius 3 is 2.50 bits per heavy atom. The Hall–Kier alpha value is -3.60. The summed E-state index contributed by atoms with van der Waals surface area (Å²) in [5.74, 6) is -0.629. The molecule has 0 spiro atoms. The minimum Gasteiger partial charge on any atom is -0.508 e. The average Bonchev–Trinajstić information content (AvgIpc) is 2.65. The minimum atomic E-state index is -1.01. The largest absolute Gasteiger partial charge is 0.508 e. The number of rotatable bonds is 3. The third-order valence-corrected chi connectivity index (χ3v) is 4.88. The molecular formula is C23H18O5. The summed E-state index contributed by atoms with van der Waals surface area (Å²) in [5.41, 5.74) is 2.97. The molecule has 4 rings (SSSR count). The predicted molar refractivity (Wildman–Crippen MR) is 107 cm³/mol. The zero-order valence-corrected chi connectivity index (χ0v) is 15.4. The lowest BCUT2D eigenvalue weighted by Gasteiger charge is -2.19. The van der Waals surface area contributed by atoms with Gasteiger partial charge < -0.3 is 14.6 Å². The number of benzene rings is 3. The number of carbonyl (C=O) groups is 1. The van der Waals surface area contributed by atoms with Gasteiger partial charge in [0.1, 0.15) is 17.1 Å². The van der Waals surface area contributed by atoms with Gasteiger partial charge in [0.25, 0.3) is 0 Å². The lowest BCUT2D eigenvalue weighted by atomic mass is 9.86. The van der Waals surface area contributed by atoms with Crippen LogP contribution in [-0.2, 0) is 0 Å². The molecule has 0 fully saturated rings. The van der Waals surface area contributed by atoms with Crippen LogP contribution in [0.4, 0.5) is 0 Å². The summed E-state index contributed by atoms with van der Waals surface area (Å²) in [6.07, 6.45) is 0. The second kappa shape index (κ2) is 6.53. The van der Waals surface area contributed by atoms with Crippen molar-refractivity contribution >= 4 is 16.9 Å². The van der Waals surface area contributed by atoms with Gasteiger partial charge in [-0.15, -0.1) is 0 Å². The van der Waals surface area contributed by atoms with Crippen LogP contribution in [0.25, 0.3) is 33.4 Å². The molecule has 0 amide bonds. The number of hydrogen-bond acceptors (Lipinski definition) is 4. The maximum Gasteiger partial charge on any atom is 0.336 e. The second-order valence-electron chi connectivity index (χ2n) is 7.05. The molecule has 1 aliphatic heterocycles. The first kappa shape index (κ1) is 17.8. The van der Waals surface area contributed by atoms with Crippen molar-refractivity contribution < 1.29 is 19.4 Å². The van der Waals surface area contributed by atoms with Crippen molar-refractivity contribution in [3.63, 3.8) is 0 Å². The molecule has 0 atom stereocenters. The number of phenolic OH excluding ortho intramolecular Hbond substituents is 1. The molecule has 0 radical (unpaired) electrons. The van der Waals surface area contributed by atoms with E-state index in [9.17, 15) is 19.8 Å². The van der Waals surface area contributed by atoms with Crippen LogP contribution >= 0.6 is 0 Å². The van der Waals surface area contributed by atoms with Gasteiger partial charge in [-0.3, -0.25) is 4.79 Å². The molecule has 2 aliphatic rings. The van der Waals surface area contributed by atoms with E-state index in [1.807, 2.05) is 26.0 Å². The number of phenols is 1. The summed E-state index contributed by atoms with van der Waals surface area (Å²) < 4.78 is 5.84. The number of hydrogen-bond donors (Lipinski definition) is 2. The van der Waals surface area contributed by atoms with Crippen molar-refractivity contribution in [3.05, 3.63) is 75.9 Å². The van der Waals surface area contributed by atoms with Crippen LogP contribution in [0.1, 0.15) is 35.7 Å². The van der Waals surface area contributed by atoms with Crippen LogP contribution < -0.4 is 5.43 Å². The van der Waals surface area contributed by atoms with Gasteiger partial charge >= 0.3 is 5.97 Å². The molecule has 140 valence electrons. The first-order valence-electron chi connectivity index (χ1n) is 8.93. The highest BCUT2D eigenvalue weighted by atomic mass is 16.4. The fourth-order valence-electron chi connectivity index (χ4n) is 3.65. The van der Waals surface area contributed by atoms with E-state index in [1.165, 1.54) is 24.3 Å². The smallest absolute Gasteiger partial charge is 0.336 e. The highest BCUT2D eigenvalue weighted by Crippen LogP contribution is 2.43. The second-order valence-corrected chi connectivity index (χ2v) is 7.05. The van der Waals surface area contributed by atoms with Gasteiger partial charge in [-0.05, 0) is 41.3 Å². The van der Waals surface area contributed by atoms with Crippen molar-refractivity contribution in [2.45, 2.75) is 19.8 Å². The van der Waals surface area contributed by atoms with Crippen LogP contribution in [0.3, 0.4) is 0 Å². The third kappa shape index (κ3) is 2.81. The van der Waals surface area contributed by atoms with Crippen molar-refractivity contribution in [1.29, 1.82) is 0 Å². The molecule has 28 heavy (non-hydrogen) atoms. The fraction of sp³-hybridized carbons (Fsp3) is 0.130. The average molecular weight is 374 g/mol. The molecule has 0 bridgehead atoms. The maximum absolute atomic E-state index is 12.2. The lowest BCUT2D eigenvalue weighted by molar-refractivity contribution is 0.0696. The summed E-state index contributed by atoms with van der Waals surface area (Å²) in [7, 11) is 0. The summed E-state index contributed by atoms with van der Waals surface area (Å²) in [6, 6.07) is 14.6. The van der Waals surface area contributed by atoms with Crippen LogP contribution in [0.5, 0.6) is 5.75 Å². The van der Waals surface area contributed by atoms with Crippen LogP contribution in [0, 0.1) is 0 Å². The summed E-state index contributed by atoms with van der Waals surface area (Å²) in [5, 5.41) is 20.5. The Balaban J connectivity index is 2.22. The van der Waals surface area contributed by atoms with E-state index in [0.717, 1.165) is 5.56 Å². The number of aromatic hydroxyl groups is 1. The van der Waals surface area contributed by atoms with Gasteiger partial charge in [0, 0.05) is 28.6 Å². The highest BCUT2D eigenvalue weighted by Gasteiger charge is 2.24. The van der Waals surface area contributed by atoms with Crippen LogP contribution in [0.2, 0.25) is 0 Å². The molecule has 5 nitrogen and oxygen atoms in total. The molecule has 0 aromatic heterocycles.